The second-order valence-electron chi connectivity index (χ2n) is 9.93. The fraction of sp³-hybridized carbons (Fsp3) is 1.00. The maximum atomic E-state index is 14.5. The Kier molecular flexibility index (Phi) is 10.1. The van der Waals surface area contributed by atoms with E-state index in [2.05, 4.69) is 31.9 Å². The van der Waals surface area contributed by atoms with Crippen molar-refractivity contribution in [3.63, 3.8) is 0 Å². The van der Waals surface area contributed by atoms with Crippen LogP contribution in [0.5, 0.6) is 0 Å². The molecule has 3 heterocycles. The van der Waals surface area contributed by atoms with Crippen LogP contribution >= 0.6 is 7.67 Å². The van der Waals surface area contributed by atoms with E-state index in [1.807, 2.05) is 31.0 Å². The molecule has 32 heavy (non-hydrogen) atoms. The van der Waals surface area contributed by atoms with Crippen molar-refractivity contribution in [2.75, 3.05) is 65.6 Å². The molecule has 0 spiro atoms. The Balaban J connectivity index is 1.71. The number of morpholine rings is 2. The molecule has 12 heteroatoms. The molecule has 5 atom stereocenters. The van der Waals surface area contributed by atoms with Gasteiger partial charge in [0.25, 0.3) is 0 Å². The minimum Gasteiger partial charge on any atom is -0.379 e. The molecule has 184 valence electrons. The van der Waals surface area contributed by atoms with Gasteiger partial charge in [0, 0.05) is 70.4 Å². The van der Waals surface area contributed by atoms with E-state index in [0.717, 1.165) is 26.2 Å². The molecule has 3 aliphatic rings. The van der Waals surface area contributed by atoms with Crippen molar-refractivity contribution >= 4 is 23.4 Å². The lowest BCUT2D eigenvalue weighted by atomic mass is 9.96. The molecule has 0 saturated carbocycles. The first-order chi connectivity index (χ1) is 15.2. The van der Waals surface area contributed by atoms with Crippen LogP contribution in [0.4, 0.5) is 0 Å². The number of hydrogen-bond donors (Lipinski definition) is 1. The van der Waals surface area contributed by atoms with E-state index in [4.69, 9.17) is 18.7 Å². The fourth-order valence-electron chi connectivity index (χ4n) is 4.64. The van der Waals surface area contributed by atoms with Gasteiger partial charge in [-0.15, -0.1) is 0 Å². The van der Waals surface area contributed by atoms with Gasteiger partial charge in [-0.05, 0) is 27.7 Å². The van der Waals surface area contributed by atoms with Gasteiger partial charge in [-0.3, -0.25) is 9.46 Å². The monoisotopic (exact) mass is 472 g/mol. The molecule has 0 aliphatic carbocycles. The Morgan fingerprint density at radius 1 is 0.938 bits per heavy atom. The van der Waals surface area contributed by atoms with Crippen molar-refractivity contribution in [2.24, 2.45) is 0 Å². The molecule has 5 unspecified atom stereocenters. The molecule has 3 aliphatic heterocycles. The third-order valence-electron chi connectivity index (χ3n) is 6.24. The van der Waals surface area contributed by atoms with Crippen LogP contribution in [0.1, 0.15) is 27.7 Å². The van der Waals surface area contributed by atoms with Crippen LogP contribution in [-0.2, 0) is 23.3 Å². The number of nitrogens with one attached hydrogen (secondary N) is 1. The smallest absolute Gasteiger partial charge is 0.346 e. The zero-order chi connectivity index (χ0) is 23.3. The van der Waals surface area contributed by atoms with Crippen molar-refractivity contribution in [3.8, 4) is 0 Å². The van der Waals surface area contributed by atoms with Gasteiger partial charge in [0.15, 0.2) is 0 Å². The Hall–Kier alpha value is 0.0399. The maximum absolute atomic E-state index is 14.5. The summed E-state index contributed by atoms with van der Waals surface area (Å²) in [5.74, 6) is 0. The van der Waals surface area contributed by atoms with Crippen molar-refractivity contribution in [3.05, 3.63) is 0 Å². The topological polar surface area (TPSA) is 75.7 Å². The van der Waals surface area contributed by atoms with Gasteiger partial charge in [0.1, 0.15) is 15.7 Å². The molecule has 0 aromatic heterocycles. The Morgan fingerprint density at radius 3 is 2.19 bits per heavy atom. The molecule has 0 aromatic carbocycles. The van der Waals surface area contributed by atoms with Crippen LogP contribution in [0, 0.1) is 0 Å². The molecule has 9 nitrogen and oxygen atoms in total. The summed E-state index contributed by atoms with van der Waals surface area (Å²) in [4.78, 5) is 2.41. The molecule has 3 saturated heterocycles. The van der Waals surface area contributed by atoms with Crippen LogP contribution in [0.2, 0.25) is 0 Å². The van der Waals surface area contributed by atoms with E-state index in [1.165, 1.54) is 0 Å². The zero-order valence-electron chi connectivity index (χ0n) is 20.9. The second kappa shape index (κ2) is 12.1. The Bertz CT molecular complexity index is 629. The summed E-state index contributed by atoms with van der Waals surface area (Å²) in [5, 5.41) is 3.36. The highest BCUT2D eigenvalue weighted by atomic mass is 31.2. The van der Waals surface area contributed by atoms with Crippen LogP contribution in [0.25, 0.3) is 0 Å². The first-order valence-corrected chi connectivity index (χ1v) is 13.8. The van der Waals surface area contributed by atoms with E-state index >= 15 is 0 Å². The molecule has 0 aromatic rings. The van der Waals surface area contributed by atoms with Crippen LogP contribution < -0.4 is 5.32 Å². The summed E-state index contributed by atoms with van der Waals surface area (Å²) < 4.78 is 43.0. The van der Waals surface area contributed by atoms with E-state index in [0.29, 0.717) is 45.4 Å². The second-order valence-corrected chi connectivity index (χ2v) is 12.3. The number of hydrogen-bond acceptors (Lipinski definition) is 7. The third kappa shape index (κ3) is 7.27. The average Bonchev–Trinajstić information content (AvgIpc) is 2.76. The third-order valence-corrected chi connectivity index (χ3v) is 8.89. The van der Waals surface area contributed by atoms with Gasteiger partial charge < -0.3 is 24.1 Å². The summed E-state index contributed by atoms with van der Waals surface area (Å²) in [6, 6.07) is 0.552. The molecular weight excluding hydrogens is 429 g/mol. The van der Waals surface area contributed by atoms with E-state index < -0.39 is 7.67 Å². The summed E-state index contributed by atoms with van der Waals surface area (Å²) in [6.45, 7) is 15.1. The molecule has 0 bridgehead atoms. The van der Waals surface area contributed by atoms with Gasteiger partial charge in [-0.2, -0.15) is 0 Å². The lowest BCUT2D eigenvalue weighted by Crippen LogP contribution is -2.54. The van der Waals surface area contributed by atoms with Gasteiger partial charge >= 0.3 is 7.67 Å². The SMILES string of the molecule is BC1CN(C(C)C)CC(COP(=O)(N2CCNCC2)N2CC(B)OC(COC(C)C)C2)O1. The van der Waals surface area contributed by atoms with Gasteiger partial charge in [-0.25, -0.2) is 9.34 Å². The number of piperazine rings is 1. The van der Waals surface area contributed by atoms with E-state index in [9.17, 15) is 4.57 Å². The fourth-order valence-corrected chi connectivity index (χ4v) is 7.22. The summed E-state index contributed by atoms with van der Waals surface area (Å²) >= 11 is 0. The highest BCUT2D eigenvalue weighted by Gasteiger charge is 2.44. The van der Waals surface area contributed by atoms with E-state index in [1.54, 1.807) is 0 Å². The van der Waals surface area contributed by atoms with Gasteiger partial charge in [0.05, 0.1) is 31.5 Å². The molecule has 3 fully saturated rings. The largest absolute Gasteiger partial charge is 0.379 e. The number of ether oxygens (including phenoxy) is 3. The molecule has 1 N–H and O–H groups in total. The summed E-state index contributed by atoms with van der Waals surface area (Å²) in [6.07, 6.45) is -0.0749. The average molecular weight is 472 g/mol. The predicted molar refractivity (Wildman–Crippen MR) is 132 cm³/mol. The van der Waals surface area contributed by atoms with Gasteiger partial charge in [-0.1, -0.05) is 0 Å². The van der Waals surface area contributed by atoms with Crippen LogP contribution in [-0.4, -0.2) is 132 Å². The number of nitrogens with zero attached hydrogens (tertiary/aromatic N) is 3. The highest BCUT2D eigenvalue weighted by molar-refractivity contribution is 7.54. The minimum atomic E-state index is -3.23. The predicted octanol–water partition coefficient (Wildman–Crippen LogP) is -0.830. The first kappa shape index (κ1) is 26.6. The van der Waals surface area contributed by atoms with Crippen molar-refractivity contribution < 1.29 is 23.3 Å². The molecule has 0 radical (unpaired) electrons. The van der Waals surface area contributed by atoms with Gasteiger partial charge in [0.2, 0.25) is 0 Å². The molecule has 3 rings (SSSR count). The number of rotatable bonds is 9. The van der Waals surface area contributed by atoms with Crippen molar-refractivity contribution in [2.45, 2.75) is 64.1 Å². The Morgan fingerprint density at radius 2 is 1.56 bits per heavy atom. The maximum Gasteiger partial charge on any atom is 0.346 e. The molecule has 0 amide bonds. The van der Waals surface area contributed by atoms with Crippen molar-refractivity contribution in [1.29, 1.82) is 0 Å². The first-order valence-electron chi connectivity index (χ1n) is 12.3. The van der Waals surface area contributed by atoms with Crippen molar-refractivity contribution in [1.82, 2.24) is 19.6 Å². The molecular formula is C20H43B2N4O5P. The minimum absolute atomic E-state index is 0.0354. The quantitative estimate of drug-likeness (QED) is 0.342. The lowest BCUT2D eigenvalue weighted by molar-refractivity contribution is -0.0886. The van der Waals surface area contributed by atoms with Crippen LogP contribution in [0.15, 0.2) is 0 Å². The summed E-state index contributed by atoms with van der Waals surface area (Å²) in [7, 11) is 0.899. The van der Waals surface area contributed by atoms with E-state index in [-0.39, 0.29) is 30.3 Å². The highest BCUT2D eigenvalue weighted by Crippen LogP contribution is 2.55. The van der Waals surface area contributed by atoms with Crippen LogP contribution in [0.3, 0.4) is 0 Å². The standard InChI is InChI=1S/C20H43B2N4O5P/c1-15(2)24-9-17(30-19(21)11-24)14-29-32(27,25-7-5-23-6-8-25)26-10-18(13-28-16(3)4)31-20(22)12-26/h15-20,23H,5-14,21-22H2,1-4H3. The zero-order valence-corrected chi connectivity index (χ0v) is 21.8. The lowest BCUT2D eigenvalue weighted by Gasteiger charge is -2.46. The summed E-state index contributed by atoms with van der Waals surface area (Å²) in [5.41, 5.74) is 0. The Labute approximate surface area is 196 Å². The normalized spacial score (nSPS) is 33.6.